The normalized spacial score (nSPS) is 19.8. The summed E-state index contributed by atoms with van der Waals surface area (Å²) >= 11 is 0. The van der Waals surface area contributed by atoms with Crippen LogP contribution in [0.25, 0.3) is 0 Å². The molecule has 0 aromatic heterocycles. The smallest absolute Gasteiger partial charge is 0.326 e. The summed E-state index contributed by atoms with van der Waals surface area (Å²) in [6.45, 7) is 4.14. The van der Waals surface area contributed by atoms with Crippen LogP contribution < -0.4 is 31.9 Å². The Morgan fingerprint density at radius 3 is 1.96 bits per heavy atom. The number of benzene rings is 1. The third-order valence-corrected chi connectivity index (χ3v) is 8.91. The Balaban J connectivity index is 1.59. The highest BCUT2D eigenvalue weighted by Crippen LogP contribution is 2.19. The van der Waals surface area contributed by atoms with Crippen molar-refractivity contribution in [3.05, 3.63) is 29.8 Å². The van der Waals surface area contributed by atoms with E-state index in [4.69, 9.17) is 0 Å². The van der Waals surface area contributed by atoms with Crippen molar-refractivity contribution in [2.75, 3.05) is 26.3 Å². The maximum absolute atomic E-state index is 13.5. The Kier molecular flexibility index (Phi) is 15.8. The first kappa shape index (κ1) is 41.6. The molecule has 6 amide bonds. The minimum absolute atomic E-state index is 0.00907. The number of nitrogens with one attached hydrogen (secondary N) is 6. The monoisotopic (exact) mass is 733 g/mol. The third kappa shape index (κ3) is 11.9. The summed E-state index contributed by atoms with van der Waals surface area (Å²) in [7, 11) is 0. The molecule has 18 heteroatoms. The third-order valence-electron chi connectivity index (χ3n) is 8.91. The Bertz CT molecular complexity index is 1430. The fraction of sp³-hybridized carbons (Fsp3) is 0.618. The van der Waals surface area contributed by atoms with E-state index in [1.54, 1.807) is 0 Å². The number of phenolic OH excluding ortho intramolecular Hbond substituents is 1. The van der Waals surface area contributed by atoms with Crippen molar-refractivity contribution in [3.63, 3.8) is 0 Å². The van der Waals surface area contributed by atoms with Crippen LogP contribution >= 0.6 is 0 Å². The second-order valence-electron chi connectivity index (χ2n) is 13.5. The molecule has 2 heterocycles. The predicted molar refractivity (Wildman–Crippen MR) is 184 cm³/mol. The molecule has 0 unspecified atom stereocenters. The van der Waals surface area contributed by atoms with Crippen molar-refractivity contribution >= 4 is 41.4 Å². The molecule has 1 aromatic rings. The molecule has 2 aliphatic heterocycles. The lowest BCUT2D eigenvalue weighted by molar-refractivity contribution is -0.143. The average Bonchev–Trinajstić information content (AvgIpc) is 3.82. The van der Waals surface area contributed by atoms with Gasteiger partial charge in [0.15, 0.2) is 0 Å². The second-order valence-corrected chi connectivity index (χ2v) is 13.5. The number of likely N-dealkylation sites (tertiary alicyclic amines) is 1. The lowest BCUT2D eigenvalue weighted by atomic mass is 10.0. The maximum atomic E-state index is 13.5. The predicted octanol–water partition coefficient (Wildman–Crippen LogP) is -2.76. The summed E-state index contributed by atoms with van der Waals surface area (Å²) in [5, 5.41) is 54.4. The van der Waals surface area contributed by atoms with Crippen molar-refractivity contribution < 1.29 is 54.0 Å². The number of carbonyl (C=O) groups is 7. The van der Waals surface area contributed by atoms with E-state index in [9.17, 15) is 54.0 Å². The number of aromatic hydroxyl groups is 1. The average molecular weight is 734 g/mol. The van der Waals surface area contributed by atoms with Gasteiger partial charge < -0.3 is 57.2 Å². The number of hydrogen-bond acceptors (Lipinski definition) is 11. The maximum Gasteiger partial charge on any atom is 0.326 e. The van der Waals surface area contributed by atoms with E-state index in [-0.39, 0.29) is 43.4 Å². The fourth-order valence-corrected chi connectivity index (χ4v) is 6.05. The van der Waals surface area contributed by atoms with E-state index >= 15 is 0 Å². The Labute approximate surface area is 301 Å². The molecule has 3 rings (SSSR count). The van der Waals surface area contributed by atoms with Crippen LogP contribution in [-0.2, 0) is 40.0 Å². The highest BCUT2D eigenvalue weighted by atomic mass is 16.4. The molecule has 18 nitrogen and oxygen atoms in total. The van der Waals surface area contributed by atoms with Crippen LogP contribution in [0.5, 0.6) is 5.75 Å². The molecule has 0 saturated carbocycles. The van der Waals surface area contributed by atoms with Crippen molar-refractivity contribution in [2.24, 2.45) is 5.92 Å². The Hall–Kier alpha value is -4.81. The highest BCUT2D eigenvalue weighted by Gasteiger charge is 2.40. The van der Waals surface area contributed by atoms with Gasteiger partial charge in [0.25, 0.3) is 0 Å². The zero-order chi connectivity index (χ0) is 38.5. The largest absolute Gasteiger partial charge is 0.508 e. The molecule has 2 fully saturated rings. The van der Waals surface area contributed by atoms with Gasteiger partial charge in [-0.25, -0.2) is 4.79 Å². The molecule has 1 aromatic carbocycles. The molecule has 0 aliphatic carbocycles. The zero-order valence-electron chi connectivity index (χ0n) is 29.6. The number of carboxylic acid groups (broad SMARTS) is 1. The van der Waals surface area contributed by atoms with Crippen molar-refractivity contribution in [3.8, 4) is 5.75 Å². The van der Waals surface area contributed by atoms with Crippen molar-refractivity contribution in [1.29, 1.82) is 0 Å². The van der Waals surface area contributed by atoms with Crippen LogP contribution in [0.15, 0.2) is 24.3 Å². The molecule has 0 radical (unpaired) electrons. The topological polar surface area (TPSA) is 276 Å². The summed E-state index contributed by atoms with van der Waals surface area (Å²) in [5.74, 6) is -5.70. The summed E-state index contributed by atoms with van der Waals surface area (Å²) in [4.78, 5) is 91.5. The molecule has 2 saturated heterocycles. The summed E-state index contributed by atoms with van der Waals surface area (Å²) in [6.07, 6.45) is 2.18. The van der Waals surface area contributed by atoms with E-state index in [2.05, 4.69) is 31.9 Å². The Morgan fingerprint density at radius 2 is 1.38 bits per heavy atom. The van der Waals surface area contributed by atoms with Gasteiger partial charge in [0, 0.05) is 13.0 Å². The highest BCUT2D eigenvalue weighted by molar-refractivity contribution is 5.97. The molecule has 0 bridgehead atoms. The van der Waals surface area contributed by atoms with Gasteiger partial charge in [0.05, 0.1) is 19.3 Å². The van der Waals surface area contributed by atoms with Gasteiger partial charge in [0.1, 0.15) is 42.0 Å². The van der Waals surface area contributed by atoms with Gasteiger partial charge in [0.2, 0.25) is 35.4 Å². The van der Waals surface area contributed by atoms with Gasteiger partial charge in [-0.15, -0.1) is 0 Å². The van der Waals surface area contributed by atoms with Crippen LogP contribution in [0.1, 0.15) is 58.4 Å². The van der Waals surface area contributed by atoms with Gasteiger partial charge >= 0.3 is 5.97 Å². The summed E-state index contributed by atoms with van der Waals surface area (Å²) in [6, 6.07) is -2.41. The number of amides is 6. The molecule has 2 aliphatic rings. The van der Waals surface area contributed by atoms with Gasteiger partial charge in [-0.2, -0.15) is 0 Å². The fourth-order valence-electron chi connectivity index (χ4n) is 6.05. The number of carboxylic acids is 1. The first-order valence-corrected chi connectivity index (χ1v) is 17.4. The van der Waals surface area contributed by atoms with Crippen LogP contribution in [-0.4, -0.2) is 135 Å². The van der Waals surface area contributed by atoms with E-state index in [0.717, 1.165) is 11.3 Å². The van der Waals surface area contributed by atoms with Gasteiger partial charge in [-0.1, -0.05) is 26.0 Å². The standard InChI is InChI=1S/C34H51N7O11/c1-18(2)14-23(37-29(46)22-6-4-12-35-22)30(47)40-26(17-43)33(50)41-13-5-7-27(41)32(49)39-25(16-42)31(48)36-19(3)28(45)38-24(34(51)52)15-20-8-10-21(44)11-9-20/h8-11,18-19,22-27,35,42-44H,4-7,12-17H2,1-3H3,(H,36,48)(H,37,46)(H,38,45)(H,39,49)(H,40,47)(H,51,52)/t19-,22-,23-,24-,25-,26-,27-/m0/s1. The number of aliphatic carboxylic acids is 1. The molecule has 10 N–H and O–H groups in total. The zero-order valence-corrected chi connectivity index (χ0v) is 29.6. The van der Waals surface area contributed by atoms with Crippen molar-refractivity contribution in [1.82, 2.24) is 36.8 Å². The van der Waals surface area contributed by atoms with Gasteiger partial charge in [-0.05, 0) is 69.2 Å². The minimum Gasteiger partial charge on any atom is -0.508 e. The van der Waals surface area contributed by atoms with Crippen molar-refractivity contribution in [2.45, 2.75) is 102 Å². The summed E-state index contributed by atoms with van der Waals surface area (Å²) < 4.78 is 0. The molecule has 52 heavy (non-hydrogen) atoms. The van der Waals surface area contributed by atoms with E-state index < -0.39 is 91.0 Å². The molecule has 0 spiro atoms. The second kappa shape index (κ2) is 19.7. The van der Waals surface area contributed by atoms with Crippen LogP contribution in [0.4, 0.5) is 0 Å². The van der Waals surface area contributed by atoms with E-state index in [0.29, 0.717) is 24.9 Å². The first-order valence-electron chi connectivity index (χ1n) is 17.4. The lowest BCUT2D eigenvalue weighted by Gasteiger charge is -2.30. The number of carbonyl (C=O) groups excluding carboxylic acids is 6. The number of phenols is 1. The van der Waals surface area contributed by atoms with E-state index in [1.807, 2.05) is 13.8 Å². The first-order chi connectivity index (χ1) is 24.6. The number of aliphatic hydroxyl groups excluding tert-OH is 2. The number of aliphatic hydroxyl groups is 2. The number of nitrogens with zero attached hydrogens (tertiary/aromatic N) is 1. The van der Waals surface area contributed by atoms with Gasteiger partial charge in [-0.3, -0.25) is 28.8 Å². The van der Waals surface area contributed by atoms with E-state index in [1.165, 1.54) is 31.2 Å². The molecular weight excluding hydrogens is 682 g/mol. The quantitative estimate of drug-likeness (QED) is 0.0735. The Morgan fingerprint density at radius 1 is 0.769 bits per heavy atom. The summed E-state index contributed by atoms with van der Waals surface area (Å²) in [5.41, 5.74) is 0.522. The minimum atomic E-state index is -1.55. The van der Waals surface area contributed by atoms with Crippen LogP contribution in [0.3, 0.4) is 0 Å². The lowest BCUT2D eigenvalue weighted by Crippen LogP contribution is -2.60. The SMILES string of the molecule is CC(C)C[C@H](NC(=O)[C@@H]1CCCN1)C(=O)N[C@@H](CO)C(=O)N1CCC[C@H]1C(=O)N[C@@H](CO)C(=O)N[C@@H](C)C(=O)N[C@@H](Cc1ccc(O)cc1)C(=O)O. The number of rotatable bonds is 18. The van der Waals surface area contributed by atoms with Crippen LogP contribution in [0.2, 0.25) is 0 Å². The van der Waals surface area contributed by atoms with Crippen LogP contribution in [0, 0.1) is 5.92 Å². The molecular formula is C34H51N7O11. The molecule has 7 atom stereocenters. The molecule has 288 valence electrons. The number of hydrogen-bond donors (Lipinski definition) is 10.